The van der Waals surface area contributed by atoms with Gasteiger partial charge in [0, 0.05) is 24.7 Å². The number of unbranched alkanes of at least 4 members (excludes halogenated alkanes) is 3. The summed E-state index contributed by atoms with van der Waals surface area (Å²) in [5, 5.41) is 3.96. The van der Waals surface area contributed by atoms with Crippen LogP contribution in [0, 0.1) is 17.3 Å². The van der Waals surface area contributed by atoms with Gasteiger partial charge in [-0.3, -0.25) is 14.5 Å². The molecule has 0 spiro atoms. The number of aryl methyl sites for hydroxylation is 1. The predicted molar refractivity (Wildman–Crippen MR) is 146 cm³/mol. The molecular weight excluding hydrogens is 462 g/mol. The molecule has 0 bridgehead atoms. The van der Waals surface area contributed by atoms with Crippen LogP contribution in [0.5, 0.6) is 5.75 Å². The van der Waals surface area contributed by atoms with Crippen molar-refractivity contribution in [3.05, 3.63) is 41.5 Å². The highest BCUT2D eigenvalue weighted by atomic mass is 16.5. The Morgan fingerprint density at radius 3 is 2.65 bits per heavy atom. The molecule has 2 fully saturated rings. The number of nitrogens with two attached hydrogens (primary N) is 1. The molecule has 37 heavy (non-hydrogen) atoms. The van der Waals surface area contributed by atoms with Gasteiger partial charge in [-0.25, -0.2) is 0 Å². The van der Waals surface area contributed by atoms with Crippen LogP contribution in [0.15, 0.2) is 30.4 Å². The van der Waals surface area contributed by atoms with Crippen molar-refractivity contribution in [1.29, 1.82) is 0 Å². The summed E-state index contributed by atoms with van der Waals surface area (Å²) < 4.78 is 5.93. The average Bonchev–Trinajstić information content (AvgIpc) is 3.41. The fourth-order valence-corrected chi connectivity index (χ4v) is 7.93. The van der Waals surface area contributed by atoms with Gasteiger partial charge in [-0.1, -0.05) is 25.8 Å². The molecule has 202 valence electrons. The topological polar surface area (TPSA) is 84.7 Å². The van der Waals surface area contributed by atoms with Crippen LogP contribution in [0.25, 0.3) is 0 Å². The van der Waals surface area contributed by atoms with Crippen LogP contribution in [0.1, 0.15) is 88.2 Å². The number of rotatable bonds is 12. The molecular formula is C31H45N3O3. The van der Waals surface area contributed by atoms with Gasteiger partial charge in [-0.05, 0) is 117 Å². The highest BCUT2D eigenvalue weighted by Crippen LogP contribution is 2.61. The van der Waals surface area contributed by atoms with Crippen LogP contribution < -0.4 is 15.8 Å². The molecule has 1 aromatic rings. The summed E-state index contributed by atoms with van der Waals surface area (Å²) in [5.41, 5.74) is 9.13. The molecule has 4 aliphatic rings. The van der Waals surface area contributed by atoms with Crippen molar-refractivity contribution < 1.29 is 14.3 Å². The first-order valence-electron chi connectivity index (χ1n) is 14.7. The lowest BCUT2D eigenvalue weighted by Gasteiger charge is -2.51. The van der Waals surface area contributed by atoms with E-state index in [1.54, 1.807) is 5.56 Å². The van der Waals surface area contributed by atoms with E-state index >= 15 is 0 Å². The molecule has 2 amide bonds. The molecule has 1 unspecified atom stereocenters. The number of imide groups is 1. The zero-order chi connectivity index (χ0) is 25.8. The fourth-order valence-electron chi connectivity index (χ4n) is 7.93. The van der Waals surface area contributed by atoms with Crippen LogP contribution in [0.4, 0.5) is 0 Å². The molecule has 5 atom stereocenters. The number of nitrogens with one attached hydrogen (secondary N) is 1. The first-order valence-corrected chi connectivity index (χ1v) is 14.7. The van der Waals surface area contributed by atoms with Crippen LogP contribution in [0.3, 0.4) is 0 Å². The Labute approximate surface area is 222 Å². The van der Waals surface area contributed by atoms with E-state index in [0.717, 1.165) is 56.2 Å². The number of hydrogen-bond donors (Lipinski definition) is 2. The van der Waals surface area contributed by atoms with E-state index in [1.807, 2.05) is 0 Å². The SMILES string of the molecule is C[C@]12CC[C@@H]3c4ccc(OCCCN)cc4CC[C@H]3[C@@H]1CCC2NCCCCCCN1C(=O)C=CC1=O. The summed E-state index contributed by atoms with van der Waals surface area (Å²) in [6.45, 7) is 5.57. The molecule has 6 nitrogen and oxygen atoms in total. The first kappa shape index (κ1) is 26.4. The van der Waals surface area contributed by atoms with Crippen LogP contribution in [-0.2, 0) is 16.0 Å². The number of amides is 2. The molecule has 1 heterocycles. The Morgan fingerprint density at radius 1 is 1.03 bits per heavy atom. The number of benzene rings is 1. The molecule has 1 aromatic carbocycles. The second kappa shape index (κ2) is 11.7. The van der Waals surface area contributed by atoms with E-state index in [0.29, 0.717) is 37.1 Å². The third-order valence-corrected chi connectivity index (χ3v) is 9.92. The average molecular weight is 508 g/mol. The lowest BCUT2D eigenvalue weighted by molar-refractivity contribution is -0.136. The molecule has 0 saturated heterocycles. The predicted octanol–water partition coefficient (Wildman–Crippen LogP) is 4.71. The van der Waals surface area contributed by atoms with Crippen LogP contribution in [0.2, 0.25) is 0 Å². The lowest BCUT2D eigenvalue weighted by atomic mass is 9.55. The minimum absolute atomic E-state index is 0.163. The molecule has 1 aliphatic heterocycles. The Hall–Kier alpha value is -2.18. The van der Waals surface area contributed by atoms with E-state index in [4.69, 9.17) is 10.5 Å². The van der Waals surface area contributed by atoms with Gasteiger partial charge < -0.3 is 15.8 Å². The van der Waals surface area contributed by atoms with Gasteiger partial charge in [-0.2, -0.15) is 0 Å². The van der Waals surface area contributed by atoms with Gasteiger partial charge in [-0.15, -0.1) is 0 Å². The second-order valence-corrected chi connectivity index (χ2v) is 12.0. The Kier molecular flexibility index (Phi) is 8.35. The second-order valence-electron chi connectivity index (χ2n) is 12.0. The zero-order valence-electron chi connectivity index (χ0n) is 22.6. The highest BCUT2D eigenvalue weighted by Gasteiger charge is 2.54. The van der Waals surface area contributed by atoms with Gasteiger partial charge in [0.15, 0.2) is 0 Å². The smallest absolute Gasteiger partial charge is 0.253 e. The number of hydrogen-bond acceptors (Lipinski definition) is 5. The van der Waals surface area contributed by atoms with Crippen LogP contribution in [-0.4, -0.2) is 49.0 Å². The largest absolute Gasteiger partial charge is 0.494 e. The maximum atomic E-state index is 11.6. The van der Waals surface area contributed by atoms with Gasteiger partial charge in [0.25, 0.3) is 11.8 Å². The van der Waals surface area contributed by atoms with E-state index in [9.17, 15) is 9.59 Å². The molecule has 2 saturated carbocycles. The lowest BCUT2D eigenvalue weighted by Crippen LogP contribution is -2.48. The van der Waals surface area contributed by atoms with Gasteiger partial charge in [0.2, 0.25) is 0 Å². The summed E-state index contributed by atoms with van der Waals surface area (Å²) in [7, 11) is 0. The monoisotopic (exact) mass is 507 g/mol. The highest BCUT2D eigenvalue weighted by molar-refractivity contribution is 6.12. The van der Waals surface area contributed by atoms with Crippen LogP contribution >= 0.6 is 0 Å². The Balaban J connectivity index is 1.08. The number of carbonyl (C=O) groups is 2. The maximum Gasteiger partial charge on any atom is 0.253 e. The van der Waals surface area contributed by atoms with Crippen molar-refractivity contribution in [2.45, 2.75) is 89.5 Å². The summed E-state index contributed by atoms with van der Waals surface area (Å²) in [5.74, 6) is 3.02. The maximum absolute atomic E-state index is 11.6. The standard InChI is InChI=1S/C31H45N3O3/c1-31-16-15-25-24-10-8-23(37-20-6-17-32)21-22(24)7-9-26(25)27(31)11-12-28(31)33-18-4-2-3-5-19-34-29(35)13-14-30(34)36/h8,10,13-14,21,25-28,33H,2-7,9,11-12,15-20,32H2,1H3/t25-,26-,27+,28?,31+/m1/s1. The zero-order valence-corrected chi connectivity index (χ0v) is 22.6. The van der Waals surface area contributed by atoms with E-state index in [2.05, 4.69) is 30.4 Å². The van der Waals surface area contributed by atoms with E-state index in [1.165, 1.54) is 61.1 Å². The van der Waals surface area contributed by atoms with E-state index in [-0.39, 0.29) is 11.8 Å². The molecule has 5 rings (SSSR count). The van der Waals surface area contributed by atoms with E-state index < -0.39 is 0 Å². The summed E-state index contributed by atoms with van der Waals surface area (Å²) >= 11 is 0. The minimum Gasteiger partial charge on any atom is -0.494 e. The molecule has 6 heteroatoms. The quantitative estimate of drug-likeness (QED) is 0.316. The van der Waals surface area contributed by atoms with Crippen molar-refractivity contribution in [3.63, 3.8) is 0 Å². The first-order chi connectivity index (χ1) is 18.0. The van der Waals surface area contributed by atoms with Crippen molar-refractivity contribution in [2.24, 2.45) is 23.0 Å². The number of carbonyl (C=O) groups excluding carboxylic acids is 2. The minimum atomic E-state index is -0.163. The van der Waals surface area contributed by atoms with Crippen molar-refractivity contribution in [2.75, 3.05) is 26.2 Å². The number of ether oxygens (including phenoxy) is 1. The summed E-state index contributed by atoms with van der Waals surface area (Å²) in [6.07, 6.45) is 15.7. The third-order valence-electron chi connectivity index (χ3n) is 9.92. The molecule has 0 radical (unpaired) electrons. The normalized spacial score (nSPS) is 30.4. The number of fused-ring (bicyclic) bond motifs is 5. The number of nitrogens with zero attached hydrogens (tertiary/aromatic N) is 1. The molecule has 3 N–H and O–H groups in total. The van der Waals surface area contributed by atoms with Gasteiger partial charge in [0.1, 0.15) is 5.75 Å². The molecule has 3 aliphatic carbocycles. The Morgan fingerprint density at radius 2 is 1.84 bits per heavy atom. The van der Waals surface area contributed by atoms with Crippen molar-refractivity contribution in [1.82, 2.24) is 10.2 Å². The summed E-state index contributed by atoms with van der Waals surface area (Å²) in [4.78, 5) is 24.7. The third kappa shape index (κ3) is 5.51. The van der Waals surface area contributed by atoms with Crippen molar-refractivity contribution in [3.8, 4) is 5.75 Å². The van der Waals surface area contributed by atoms with Gasteiger partial charge in [0.05, 0.1) is 6.61 Å². The van der Waals surface area contributed by atoms with Gasteiger partial charge >= 0.3 is 0 Å². The fraction of sp³-hybridized carbons (Fsp3) is 0.677. The van der Waals surface area contributed by atoms with Crippen molar-refractivity contribution >= 4 is 11.8 Å². The molecule has 0 aromatic heterocycles. The summed E-state index contributed by atoms with van der Waals surface area (Å²) in [6, 6.07) is 7.47. The Bertz CT molecular complexity index is 989.